The standard InChI is InChI=1S/C13H24N4O3S/c1-7(2)10(8(3)4)6-15-13(18)11-12(21(14,19)20)9(5)16-17-11/h7-8,10H,6H2,1-5H3,(H,15,18)(H,16,17)(H2,14,19,20). The number of nitrogens with zero attached hydrogens (tertiary/aromatic N) is 1. The maximum atomic E-state index is 12.2. The zero-order valence-corrected chi connectivity index (χ0v) is 13.9. The Hall–Kier alpha value is -1.41. The molecule has 1 amide bonds. The summed E-state index contributed by atoms with van der Waals surface area (Å²) >= 11 is 0. The Morgan fingerprint density at radius 2 is 1.81 bits per heavy atom. The van der Waals surface area contributed by atoms with Crippen molar-refractivity contribution < 1.29 is 13.2 Å². The maximum Gasteiger partial charge on any atom is 0.273 e. The van der Waals surface area contributed by atoms with Gasteiger partial charge in [-0.05, 0) is 24.7 Å². The van der Waals surface area contributed by atoms with E-state index in [0.29, 0.717) is 24.3 Å². The van der Waals surface area contributed by atoms with E-state index in [-0.39, 0.29) is 16.3 Å². The number of nitrogens with two attached hydrogens (primary N) is 1. The fraction of sp³-hybridized carbons (Fsp3) is 0.692. The van der Waals surface area contributed by atoms with Crippen LogP contribution in [0.15, 0.2) is 4.90 Å². The third kappa shape index (κ3) is 4.28. The molecule has 0 aliphatic rings. The summed E-state index contributed by atoms with van der Waals surface area (Å²) < 4.78 is 23.1. The number of carbonyl (C=O) groups is 1. The number of amides is 1. The van der Waals surface area contributed by atoms with Crippen molar-refractivity contribution in [3.05, 3.63) is 11.4 Å². The van der Waals surface area contributed by atoms with E-state index in [1.54, 1.807) is 0 Å². The van der Waals surface area contributed by atoms with Crippen LogP contribution in [0.4, 0.5) is 0 Å². The minimum Gasteiger partial charge on any atom is -0.350 e. The normalized spacial score (nSPS) is 12.4. The predicted octanol–water partition coefficient (Wildman–Crippen LogP) is 1.02. The van der Waals surface area contributed by atoms with E-state index in [1.807, 2.05) is 0 Å². The summed E-state index contributed by atoms with van der Waals surface area (Å²) in [5.41, 5.74) is 0.0770. The van der Waals surface area contributed by atoms with Crippen LogP contribution in [0.1, 0.15) is 43.9 Å². The van der Waals surface area contributed by atoms with Gasteiger partial charge in [-0.2, -0.15) is 5.10 Å². The largest absolute Gasteiger partial charge is 0.350 e. The van der Waals surface area contributed by atoms with Crippen molar-refractivity contribution in [1.82, 2.24) is 15.5 Å². The van der Waals surface area contributed by atoms with Crippen LogP contribution in [-0.4, -0.2) is 31.1 Å². The Kier molecular flexibility index (Phi) is 5.52. The molecule has 1 aromatic heterocycles. The van der Waals surface area contributed by atoms with Crippen LogP contribution in [0.5, 0.6) is 0 Å². The van der Waals surface area contributed by atoms with Gasteiger partial charge in [-0.25, -0.2) is 13.6 Å². The number of aromatic amines is 1. The molecule has 0 aromatic carbocycles. The molecule has 0 atom stereocenters. The van der Waals surface area contributed by atoms with E-state index in [4.69, 9.17) is 5.14 Å². The summed E-state index contributed by atoms with van der Waals surface area (Å²) in [5, 5.41) is 14.1. The number of hydrogen-bond acceptors (Lipinski definition) is 4. The highest BCUT2D eigenvalue weighted by molar-refractivity contribution is 7.89. The number of primary sulfonamides is 1. The van der Waals surface area contributed by atoms with Crippen molar-refractivity contribution in [3.8, 4) is 0 Å². The number of hydrogen-bond donors (Lipinski definition) is 3. The minimum absolute atomic E-state index is 0.179. The van der Waals surface area contributed by atoms with Gasteiger partial charge in [0.2, 0.25) is 10.0 Å². The molecule has 0 radical (unpaired) electrons. The first kappa shape index (κ1) is 17.6. The second kappa shape index (κ2) is 6.57. The first-order valence-electron chi connectivity index (χ1n) is 6.91. The highest BCUT2D eigenvalue weighted by atomic mass is 32.2. The zero-order valence-electron chi connectivity index (χ0n) is 13.1. The molecule has 21 heavy (non-hydrogen) atoms. The summed E-state index contributed by atoms with van der Waals surface area (Å²) in [4.78, 5) is 11.9. The van der Waals surface area contributed by atoms with Crippen molar-refractivity contribution in [2.75, 3.05) is 6.54 Å². The lowest BCUT2D eigenvalue weighted by Crippen LogP contribution is -2.35. The Morgan fingerprint density at radius 3 is 2.24 bits per heavy atom. The average Bonchev–Trinajstić information content (AvgIpc) is 2.69. The van der Waals surface area contributed by atoms with E-state index in [9.17, 15) is 13.2 Å². The molecule has 0 saturated heterocycles. The van der Waals surface area contributed by atoms with Gasteiger partial charge in [-0.1, -0.05) is 27.7 Å². The monoisotopic (exact) mass is 316 g/mol. The van der Waals surface area contributed by atoms with Crippen molar-refractivity contribution in [2.24, 2.45) is 22.9 Å². The molecule has 0 bridgehead atoms. The molecule has 0 spiro atoms. The second-order valence-corrected chi connectivity index (χ2v) is 7.43. The van der Waals surface area contributed by atoms with Gasteiger partial charge in [-0.15, -0.1) is 0 Å². The topological polar surface area (TPSA) is 118 Å². The summed E-state index contributed by atoms with van der Waals surface area (Å²) in [7, 11) is -3.99. The molecular formula is C13H24N4O3S. The molecule has 4 N–H and O–H groups in total. The highest BCUT2D eigenvalue weighted by Crippen LogP contribution is 2.20. The molecule has 0 aliphatic carbocycles. The number of carbonyl (C=O) groups excluding carboxylic acids is 1. The first-order valence-corrected chi connectivity index (χ1v) is 8.46. The van der Waals surface area contributed by atoms with E-state index in [0.717, 1.165) is 0 Å². The fourth-order valence-corrected chi connectivity index (χ4v) is 3.34. The van der Waals surface area contributed by atoms with Gasteiger partial charge < -0.3 is 5.32 Å². The number of H-pyrrole nitrogens is 1. The Morgan fingerprint density at radius 1 is 1.29 bits per heavy atom. The Labute approximate surface area is 125 Å². The van der Waals surface area contributed by atoms with Crippen LogP contribution in [0.2, 0.25) is 0 Å². The molecule has 0 unspecified atom stereocenters. The molecule has 0 aliphatic heterocycles. The van der Waals surface area contributed by atoms with Crippen LogP contribution in [0.3, 0.4) is 0 Å². The van der Waals surface area contributed by atoms with Crippen molar-refractivity contribution in [1.29, 1.82) is 0 Å². The number of aryl methyl sites for hydroxylation is 1. The third-order valence-electron chi connectivity index (χ3n) is 3.60. The van der Waals surface area contributed by atoms with Gasteiger partial charge in [0, 0.05) is 6.54 Å². The van der Waals surface area contributed by atoms with E-state index < -0.39 is 15.9 Å². The van der Waals surface area contributed by atoms with Crippen molar-refractivity contribution in [3.63, 3.8) is 0 Å². The fourth-order valence-electron chi connectivity index (χ4n) is 2.46. The Balaban J connectivity index is 2.92. The number of sulfonamides is 1. The lowest BCUT2D eigenvalue weighted by molar-refractivity contribution is 0.0928. The number of aromatic nitrogens is 2. The van der Waals surface area contributed by atoms with Gasteiger partial charge in [0.05, 0.1) is 5.69 Å². The molecule has 7 nitrogen and oxygen atoms in total. The first-order chi connectivity index (χ1) is 9.55. The molecule has 1 aromatic rings. The van der Waals surface area contributed by atoms with Crippen LogP contribution in [0.25, 0.3) is 0 Å². The van der Waals surface area contributed by atoms with Crippen LogP contribution >= 0.6 is 0 Å². The lowest BCUT2D eigenvalue weighted by atomic mass is 9.85. The smallest absolute Gasteiger partial charge is 0.273 e. The highest BCUT2D eigenvalue weighted by Gasteiger charge is 2.26. The van der Waals surface area contributed by atoms with E-state index >= 15 is 0 Å². The quantitative estimate of drug-likeness (QED) is 0.726. The van der Waals surface area contributed by atoms with Gasteiger partial charge in [0.25, 0.3) is 5.91 Å². The average molecular weight is 316 g/mol. The maximum absolute atomic E-state index is 12.2. The lowest BCUT2D eigenvalue weighted by Gasteiger charge is -2.24. The second-order valence-electron chi connectivity index (χ2n) is 5.93. The number of nitrogens with one attached hydrogen (secondary N) is 2. The molecule has 8 heteroatoms. The summed E-state index contributed by atoms with van der Waals surface area (Å²) in [6.45, 7) is 10.3. The van der Waals surface area contributed by atoms with Gasteiger partial charge >= 0.3 is 0 Å². The molecule has 120 valence electrons. The molecule has 1 heterocycles. The summed E-state index contributed by atoms with van der Waals surface area (Å²) in [6, 6.07) is 0. The Bertz CT molecular complexity index is 597. The molecule has 1 rings (SSSR count). The van der Waals surface area contributed by atoms with Crippen molar-refractivity contribution in [2.45, 2.75) is 39.5 Å². The van der Waals surface area contributed by atoms with Crippen LogP contribution in [-0.2, 0) is 10.0 Å². The van der Waals surface area contributed by atoms with Gasteiger partial charge in [0.15, 0.2) is 5.69 Å². The van der Waals surface area contributed by atoms with Crippen LogP contribution < -0.4 is 10.5 Å². The molecule has 0 saturated carbocycles. The third-order valence-corrected chi connectivity index (χ3v) is 4.67. The predicted molar refractivity (Wildman–Crippen MR) is 80.2 cm³/mol. The van der Waals surface area contributed by atoms with Crippen molar-refractivity contribution >= 4 is 15.9 Å². The summed E-state index contributed by atoms with van der Waals surface area (Å²) in [5.74, 6) is 0.578. The van der Waals surface area contributed by atoms with Crippen LogP contribution in [0, 0.1) is 24.7 Å². The van der Waals surface area contributed by atoms with E-state index in [1.165, 1.54) is 6.92 Å². The SMILES string of the molecule is Cc1[nH]nc(C(=O)NCC(C(C)C)C(C)C)c1S(N)(=O)=O. The zero-order chi connectivity index (χ0) is 16.4. The van der Waals surface area contributed by atoms with Gasteiger partial charge in [0.1, 0.15) is 4.90 Å². The summed E-state index contributed by atoms with van der Waals surface area (Å²) in [6.07, 6.45) is 0. The van der Waals surface area contributed by atoms with Gasteiger partial charge in [-0.3, -0.25) is 9.89 Å². The minimum atomic E-state index is -3.99. The number of rotatable bonds is 6. The molecular weight excluding hydrogens is 292 g/mol. The molecule has 0 fully saturated rings. The van der Waals surface area contributed by atoms with E-state index in [2.05, 4.69) is 43.2 Å².